The summed E-state index contributed by atoms with van der Waals surface area (Å²) in [5, 5.41) is 2.75. The van der Waals surface area contributed by atoms with Crippen LogP contribution in [0.4, 0.5) is 13.2 Å². The van der Waals surface area contributed by atoms with Gasteiger partial charge in [-0.1, -0.05) is 0 Å². The normalized spacial score (nSPS) is 12.4. The Labute approximate surface area is 88.6 Å². The maximum Gasteiger partial charge on any atom is 0.390 e. The van der Waals surface area contributed by atoms with Crippen molar-refractivity contribution in [3.8, 4) is 0 Å². The molecule has 0 aliphatic rings. The van der Waals surface area contributed by atoms with Crippen LogP contribution in [-0.2, 0) is 4.74 Å². The topological polar surface area (TPSA) is 24.5 Å². The van der Waals surface area contributed by atoms with Crippen LogP contribution in [0.15, 0.2) is 0 Å². The predicted molar refractivity (Wildman–Crippen MR) is 52.9 cm³/mol. The molecule has 0 aliphatic carbocycles. The monoisotopic (exact) mass is 228 g/mol. The van der Waals surface area contributed by atoms with E-state index in [0.717, 1.165) is 13.1 Å². The molecule has 0 spiro atoms. The lowest BCUT2D eigenvalue weighted by atomic mass is 10.4. The van der Waals surface area contributed by atoms with Crippen LogP contribution in [0.1, 0.15) is 6.42 Å². The van der Waals surface area contributed by atoms with Crippen LogP contribution >= 0.6 is 0 Å². The van der Waals surface area contributed by atoms with Crippen molar-refractivity contribution in [3.63, 3.8) is 0 Å². The van der Waals surface area contributed by atoms with Crippen molar-refractivity contribution in [2.75, 3.05) is 46.9 Å². The smallest absolute Gasteiger partial charge is 0.383 e. The zero-order chi connectivity index (χ0) is 11.7. The number of halogens is 3. The average molecular weight is 228 g/mol. The van der Waals surface area contributed by atoms with Gasteiger partial charge in [0.1, 0.15) is 0 Å². The van der Waals surface area contributed by atoms with Gasteiger partial charge in [-0.05, 0) is 7.05 Å². The number of nitrogens with one attached hydrogen (secondary N) is 1. The SMILES string of the molecule is COCCN(C)CCNCCC(F)(F)F. The minimum absolute atomic E-state index is 0.0123. The molecule has 0 saturated heterocycles. The average Bonchev–Trinajstić information content (AvgIpc) is 2.12. The van der Waals surface area contributed by atoms with Crippen molar-refractivity contribution in [2.24, 2.45) is 0 Å². The molecule has 0 radical (unpaired) electrons. The Balaban J connectivity index is 3.23. The Morgan fingerprint density at radius 3 is 2.40 bits per heavy atom. The van der Waals surface area contributed by atoms with Gasteiger partial charge in [-0.25, -0.2) is 0 Å². The van der Waals surface area contributed by atoms with Gasteiger partial charge in [-0.15, -0.1) is 0 Å². The summed E-state index contributed by atoms with van der Waals surface area (Å²) in [5.41, 5.74) is 0. The number of hydrogen-bond donors (Lipinski definition) is 1. The number of hydrogen-bond acceptors (Lipinski definition) is 3. The van der Waals surface area contributed by atoms with E-state index in [0.29, 0.717) is 13.2 Å². The third-order valence-electron chi connectivity index (χ3n) is 1.93. The Morgan fingerprint density at radius 2 is 1.87 bits per heavy atom. The van der Waals surface area contributed by atoms with Crippen molar-refractivity contribution in [1.82, 2.24) is 10.2 Å². The zero-order valence-corrected chi connectivity index (χ0v) is 9.23. The van der Waals surface area contributed by atoms with Gasteiger partial charge in [0.05, 0.1) is 13.0 Å². The quantitative estimate of drug-likeness (QED) is 0.630. The van der Waals surface area contributed by atoms with Crippen molar-refractivity contribution >= 4 is 0 Å². The number of alkyl halides is 3. The molecule has 15 heavy (non-hydrogen) atoms. The molecule has 3 nitrogen and oxygen atoms in total. The maximum atomic E-state index is 11.7. The zero-order valence-electron chi connectivity index (χ0n) is 9.23. The molecule has 0 rings (SSSR count). The molecular weight excluding hydrogens is 209 g/mol. The highest BCUT2D eigenvalue weighted by atomic mass is 19.4. The van der Waals surface area contributed by atoms with Crippen LogP contribution in [0.2, 0.25) is 0 Å². The number of nitrogens with zero attached hydrogens (tertiary/aromatic N) is 1. The van der Waals surface area contributed by atoms with Crippen molar-refractivity contribution in [3.05, 3.63) is 0 Å². The summed E-state index contributed by atoms with van der Waals surface area (Å²) in [6.07, 6.45) is -4.83. The second kappa shape index (κ2) is 7.90. The van der Waals surface area contributed by atoms with E-state index >= 15 is 0 Å². The lowest BCUT2D eigenvalue weighted by Crippen LogP contribution is -2.32. The van der Waals surface area contributed by atoms with Gasteiger partial charge in [-0.3, -0.25) is 0 Å². The lowest BCUT2D eigenvalue weighted by molar-refractivity contribution is -0.133. The first kappa shape index (κ1) is 14.7. The summed E-state index contributed by atoms with van der Waals surface area (Å²) in [7, 11) is 3.53. The van der Waals surface area contributed by atoms with Gasteiger partial charge in [0.2, 0.25) is 0 Å². The molecule has 0 unspecified atom stereocenters. The third kappa shape index (κ3) is 11.6. The van der Waals surface area contributed by atoms with Gasteiger partial charge < -0.3 is 15.0 Å². The van der Waals surface area contributed by atoms with E-state index in [1.807, 2.05) is 11.9 Å². The van der Waals surface area contributed by atoms with Crippen molar-refractivity contribution < 1.29 is 17.9 Å². The van der Waals surface area contributed by atoms with Crippen LogP contribution in [0, 0.1) is 0 Å². The minimum Gasteiger partial charge on any atom is -0.383 e. The van der Waals surface area contributed by atoms with Crippen LogP contribution in [0.3, 0.4) is 0 Å². The lowest BCUT2D eigenvalue weighted by Gasteiger charge is -2.16. The largest absolute Gasteiger partial charge is 0.390 e. The molecule has 0 bridgehead atoms. The van der Waals surface area contributed by atoms with E-state index in [-0.39, 0.29) is 6.54 Å². The molecule has 0 saturated carbocycles. The molecule has 0 aromatic heterocycles. The van der Waals surface area contributed by atoms with Crippen LogP contribution in [0.25, 0.3) is 0 Å². The summed E-state index contributed by atoms with van der Waals surface area (Å²) < 4.78 is 40.1. The van der Waals surface area contributed by atoms with Gasteiger partial charge in [0.25, 0.3) is 0 Å². The van der Waals surface area contributed by atoms with Crippen molar-refractivity contribution in [2.45, 2.75) is 12.6 Å². The summed E-state index contributed by atoms with van der Waals surface area (Å²) in [6.45, 7) is 2.70. The summed E-state index contributed by atoms with van der Waals surface area (Å²) in [6, 6.07) is 0. The molecular formula is C9H19F3N2O. The molecule has 0 atom stereocenters. The maximum absolute atomic E-state index is 11.7. The molecule has 6 heteroatoms. The van der Waals surface area contributed by atoms with Gasteiger partial charge in [0.15, 0.2) is 0 Å². The fourth-order valence-electron chi connectivity index (χ4n) is 0.984. The molecule has 0 aromatic rings. The molecule has 92 valence electrons. The number of rotatable bonds is 8. The summed E-state index contributed by atoms with van der Waals surface area (Å²) in [4.78, 5) is 2.00. The van der Waals surface area contributed by atoms with Gasteiger partial charge in [-0.2, -0.15) is 13.2 Å². The van der Waals surface area contributed by atoms with E-state index in [2.05, 4.69) is 5.32 Å². The van der Waals surface area contributed by atoms with Crippen LogP contribution < -0.4 is 5.32 Å². The van der Waals surface area contributed by atoms with E-state index in [1.54, 1.807) is 7.11 Å². The highest BCUT2D eigenvalue weighted by Gasteiger charge is 2.25. The van der Waals surface area contributed by atoms with Gasteiger partial charge >= 0.3 is 6.18 Å². The Hall–Kier alpha value is -0.330. The number of likely N-dealkylation sites (N-methyl/N-ethyl adjacent to an activating group) is 1. The number of ether oxygens (including phenoxy) is 1. The second-order valence-corrected chi connectivity index (χ2v) is 3.41. The Bertz CT molecular complexity index is 153. The third-order valence-corrected chi connectivity index (χ3v) is 1.93. The van der Waals surface area contributed by atoms with Gasteiger partial charge in [0, 0.05) is 33.3 Å². The molecule has 0 heterocycles. The molecule has 0 aliphatic heterocycles. The van der Waals surface area contributed by atoms with Crippen LogP contribution in [-0.4, -0.2) is 58.0 Å². The minimum atomic E-state index is -4.06. The highest BCUT2D eigenvalue weighted by molar-refractivity contribution is 4.57. The molecule has 0 amide bonds. The standard InChI is InChI=1S/C9H19F3N2O/c1-14(7-8-15-2)6-5-13-4-3-9(10,11)12/h13H,3-8H2,1-2H3. The second-order valence-electron chi connectivity index (χ2n) is 3.41. The first-order valence-electron chi connectivity index (χ1n) is 4.90. The van der Waals surface area contributed by atoms with E-state index in [1.165, 1.54) is 0 Å². The Kier molecular flexibility index (Phi) is 7.72. The highest BCUT2D eigenvalue weighted by Crippen LogP contribution is 2.17. The van der Waals surface area contributed by atoms with E-state index in [9.17, 15) is 13.2 Å². The fourth-order valence-corrected chi connectivity index (χ4v) is 0.984. The summed E-state index contributed by atoms with van der Waals surface area (Å²) >= 11 is 0. The molecule has 1 N–H and O–H groups in total. The predicted octanol–water partition coefficient (Wildman–Crippen LogP) is 1.11. The molecule has 0 aromatic carbocycles. The summed E-state index contributed by atoms with van der Waals surface area (Å²) in [5.74, 6) is 0. The first-order chi connectivity index (χ1) is 6.95. The fraction of sp³-hybridized carbons (Fsp3) is 1.00. The van der Waals surface area contributed by atoms with Crippen molar-refractivity contribution in [1.29, 1.82) is 0 Å². The van der Waals surface area contributed by atoms with E-state index in [4.69, 9.17) is 4.74 Å². The first-order valence-corrected chi connectivity index (χ1v) is 4.90. The van der Waals surface area contributed by atoms with E-state index < -0.39 is 12.6 Å². The molecule has 0 fully saturated rings. The Morgan fingerprint density at radius 1 is 1.20 bits per heavy atom. The van der Waals surface area contributed by atoms with Crippen LogP contribution in [0.5, 0.6) is 0 Å². The number of methoxy groups -OCH3 is 1.